The Morgan fingerprint density at radius 3 is 3.11 bits per heavy atom. The van der Waals surface area contributed by atoms with Gasteiger partial charge in [-0.1, -0.05) is 6.42 Å². The summed E-state index contributed by atoms with van der Waals surface area (Å²) in [6, 6.07) is 2.13. The van der Waals surface area contributed by atoms with E-state index in [1.54, 1.807) is 11.3 Å². The van der Waals surface area contributed by atoms with Crippen molar-refractivity contribution in [2.24, 2.45) is 0 Å². The van der Waals surface area contributed by atoms with Gasteiger partial charge in [0.05, 0.1) is 5.39 Å². The average Bonchev–Trinajstić information content (AvgIpc) is 2.77. The van der Waals surface area contributed by atoms with E-state index in [0.29, 0.717) is 10.5 Å². The number of hydrogen-bond acceptors (Lipinski definition) is 5. The molecule has 1 atom stereocenters. The highest BCUT2D eigenvalue weighted by Gasteiger charge is 2.15. The minimum Gasteiger partial charge on any atom is -0.368 e. The first kappa shape index (κ1) is 13.5. The van der Waals surface area contributed by atoms with Crippen molar-refractivity contribution in [3.63, 3.8) is 0 Å². The zero-order chi connectivity index (χ0) is 13.2. The van der Waals surface area contributed by atoms with Gasteiger partial charge < -0.3 is 5.32 Å². The summed E-state index contributed by atoms with van der Waals surface area (Å²) >= 11 is 9.72. The zero-order valence-electron chi connectivity index (χ0n) is 10.8. The molecule has 0 aromatic carbocycles. The molecule has 2 aromatic rings. The van der Waals surface area contributed by atoms with Gasteiger partial charge in [-0.15, -0.1) is 11.3 Å². The summed E-state index contributed by atoms with van der Waals surface area (Å²) in [4.78, 5) is 10.8. The van der Waals surface area contributed by atoms with Crippen molar-refractivity contribution in [1.82, 2.24) is 9.97 Å². The Hall–Kier alpha value is -0.520. The summed E-state index contributed by atoms with van der Waals surface area (Å²) in [6.07, 6.45) is 3.99. The van der Waals surface area contributed by atoms with Gasteiger partial charge >= 0.3 is 0 Å². The Bertz CT molecular complexity index is 579. The summed E-state index contributed by atoms with van der Waals surface area (Å²) in [6.45, 7) is 3.04. The van der Waals surface area contributed by atoms with Gasteiger partial charge in [-0.25, -0.2) is 9.97 Å². The second kappa shape index (κ2) is 5.85. The summed E-state index contributed by atoms with van der Waals surface area (Å²) in [5.41, 5.74) is 0. The molecule has 1 unspecified atom stereocenters. The molecule has 0 radical (unpaired) electrons. The van der Waals surface area contributed by atoms with Crippen molar-refractivity contribution in [1.29, 1.82) is 0 Å². The van der Waals surface area contributed by atoms with Gasteiger partial charge in [-0.2, -0.15) is 11.8 Å². The molecule has 3 rings (SSSR count). The number of nitrogens with one attached hydrogen (secondary N) is 1. The fourth-order valence-electron chi connectivity index (χ4n) is 2.33. The van der Waals surface area contributed by atoms with Gasteiger partial charge in [-0.05, 0) is 43.2 Å². The Morgan fingerprint density at radius 1 is 1.42 bits per heavy atom. The quantitative estimate of drug-likeness (QED) is 0.855. The van der Waals surface area contributed by atoms with Gasteiger partial charge in [0.1, 0.15) is 10.6 Å². The van der Waals surface area contributed by atoms with Crippen LogP contribution in [-0.4, -0.2) is 27.5 Å². The predicted molar refractivity (Wildman–Crippen MR) is 85.7 cm³/mol. The van der Waals surface area contributed by atoms with Crippen molar-refractivity contribution < 1.29 is 0 Å². The lowest BCUT2D eigenvalue weighted by Gasteiger charge is -2.21. The second-order valence-electron chi connectivity index (χ2n) is 4.79. The molecule has 0 amide bonds. The third-order valence-electron chi connectivity index (χ3n) is 3.26. The van der Waals surface area contributed by atoms with Crippen molar-refractivity contribution in [2.45, 2.75) is 31.4 Å². The zero-order valence-corrected chi connectivity index (χ0v) is 13.2. The smallest absolute Gasteiger partial charge is 0.225 e. The van der Waals surface area contributed by atoms with Gasteiger partial charge in [0.25, 0.3) is 0 Å². The Balaban J connectivity index is 1.79. The van der Waals surface area contributed by atoms with E-state index in [4.69, 9.17) is 11.6 Å². The van der Waals surface area contributed by atoms with Crippen LogP contribution in [0.15, 0.2) is 6.07 Å². The minimum atomic E-state index is 0.327. The van der Waals surface area contributed by atoms with Crippen LogP contribution in [-0.2, 0) is 0 Å². The van der Waals surface area contributed by atoms with Gasteiger partial charge in [0.15, 0.2) is 0 Å². The standard InChI is InChI=1S/C13H16ClN3S2/c1-8-6-10-11(16-13(14)17-12(10)19-8)15-7-9-4-2-3-5-18-9/h6,9H,2-5,7H2,1H3,(H,15,16,17). The lowest BCUT2D eigenvalue weighted by Crippen LogP contribution is -2.20. The van der Waals surface area contributed by atoms with Crippen molar-refractivity contribution >= 4 is 50.7 Å². The van der Waals surface area contributed by atoms with Gasteiger partial charge in [-0.3, -0.25) is 0 Å². The molecule has 102 valence electrons. The first-order valence-electron chi connectivity index (χ1n) is 6.51. The van der Waals surface area contributed by atoms with E-state index in [0.717, 1.165) is 22.6 Å². The summed E-state index contributed by atoms with van der Waals surface area (Å²) < 4.78 is 0. The van der Waals surface area contributed by atoms with Crippen LogP contribution in [0.1, 0.15) is 24.1 Å². The van der Waals surface area contributed by atoms with E-state index < -0.39 is 0 Å². The fourth-order valence-corrected chi connectivity index (χ4v) is 4.67. The third kappa shape index (κ3) is 3.15. The van der Waals surface area contributed by atoms with Crippen LogP contribution in [0.5, 0.6) is 0 Å². The lowest BCUT2D eigenvalue weighted by molar-refractivity contribution is 0.677. The number of aryl methyl sites for hydroxylation is 1. The van der Waals surface area contributed by atoms with E-state index >= 15 is 0 Å². The van der Waals surface area contributed by atoms with E-state index in [9.17, 15) is 0 Å². The summed E-state index contributed by atoms with van der Waals surface area (Å²) in [7, 11) is 0. The number of rotatable bonds is 3. The molecule has 2 aromatic heterocycles. The van der Waals surface area contributed by atoms with E-state index in [1.165, 1.54) is 29.9 Å². The van der Waals surface area contributed by atoms with Crippen molar-refractivity contribution in [2.75, 3.05) is 17.6 Å². The SMILES string of the molecule is Cc1cc2c(NCC3CCCCS3)nc(Cl)nc2s1. The molecule has 0 spiro atoms. The average molecular weight is 314 g/mol. The first-order chi connectivity index (χ1) is 9.22. The number of nitrogens with zero attached hydrogens (tertiary/aromatic N) is 2. The lowest BCUT2D eigenvalue weighted by atomic mass is 10.2. The molecule has 1 N–H and O–H groups in total. The molecule has 3 nitrogen and oxygen atoms in total. The Labute approximate surface area is 126 Å². The first-order valence-corrected chi connectivity index (χ1v) is 8.76. The third-order valence-corrected chi connectivity index (χ3v) is 5.77. The van der Waals surface area contributed by atoms with E-state index in [-0.39, 0.29) is 0 Å². The molecular weight excluding hydrogens is 298 g/mol. The number of halogens is 1. The Kier molecular flexibility index (Phi) is 4.15. The maximum Gasteiger partial charge on any atom is 0.225 e. The largest absolute Gasteiger partial charge is 0.368 e. The van der Waals surface area contributed by atoms with Crippen molar-refractivity contribution in [3.8, 4) is 0 Å². The molecule has 0 aliphatic carbocycles. The molecule has 1 aliphatic rings. The molecule has 6 heteroatoms. The maximum atomic E-state index is 5.99. The van der Waals surface area contributed by atoms with E-state index in [2.05, 4.69) is 40.0 Å². The molecule has 19 heavy (non-hydrogen) atoms. The molecule has 1 fully saturated rings. The number of fused-ring (bicyclic) bond motifs is 1. The molecule has 0 saturated carbocycles. The van der Waals surface area contributed by atoms with Crippen molar-refractivity contribution in [3.05, 3.63) is 16.2 Å². The van der Waals surface area contributed by atoms with Crippen LogP contribution in [0.25, 0.3) is 10.2 Å². The van der Waals surface area contributed by atoms with Crippen LogP contribution in [0, 0.1) is 6.92 Å². The molecule has 0 bridgehead atoms. The highest BCUT2D eigenvalue weighted by atomic mass is 35.5. The van der Waals surface area contributed by atoms with E-state index in [1.807, 2.05) is 0 Å². The van der Waals surface area contributed by atoms with Crippen LogP contribution in [0.4, 0.5) is 5.82 Å². The van der Waals surface area contributed by atoms with Crippen LogP contribution < -0.4 is 5.32 Å². The normalized spacial score (nSPS) is 19.8. The highest BCUT2D eigenvalue weighted by molar-refractivity contribution is 7.99. The van der Waals surface area contributed by atoms with Crippen LogP contribution in [0.2, 0.25) is 5.28 Å². The number of aromatic nitrogens is 2. The minimum absolute atomic E-state index is 0.327. The number of anilines is 1. The van der Waals surface area contributed by atoms with Gasteiger partial charge in [0, 0.05) is 16.7 Å². The molecule has 1 saturated heterocycles. The highest BCUT2D eigenvalue weighted by Crippen LogP contribution is 2.30. The van der Waals surface area contributed by atoms with Crippen LogP contribution in [0.3, 0.4) is 0 Å². The topological polar surface area (TPSA) is 37.8 Å². The summed E-state index contributed by atoms with van der Waals surface area (Å²) in [5.74, 6) is 2.16. The number of thioether (sulfide) groups is 1. The fraction of sp³-hybridized carbons (Fsp3) is 0.538. The van der Waals surface area contributed by atoms with Gasteiger partial charge in [0.2, 0.25) is 5.28 Å². The monoisotopic (exact) mass is 313 g/mol. The Morgan fingerprint density at radius 2 is 2.32 bits per heavy atom. The molecular formula is C13H16ClN3S2. The predicted octanol–water partition coefficient (Wildman–Crippen LogP) is 4.35. The molecule has 3 heterocycles. The second-order valence-corrected chi connectivity index (χ2v) is 7.77. The maximum absolute atomic E-state index is 5.99. The summed E-state index contributed by atoms with van der Waals surface area (Å²) in [5, 5.41) is 5.57. The van der Waals surface area contributed by atoms with Crippen LogP contribution >= 0.6 is 34.7 Å². The molecule has 1 aliphatic heterocycles. The number of hydrogen-bond donors (Lipinski definition) is 1. The number of thiophene rings is 1.